The second kappa shape index (κ2) is 16.5. The second-order valence-electron chi connectivity index (χ2n) is 14.9. The number of halogens is 1. The molecule has 0 spiro atoms. The van der Waals surface area contributed by atoms with Crippen molar-refractivity contribution in [3.8, 4) is 0 Å². The summed E-state index contributed by atoms with van der Waals surface area (Å²) in [4.78, 5) is 78.1. The molecule has 16 heteroatoms. The van der Waals surface area contributed by atoms with Gasteiger partial charge in [-0.3, -0.25) is 14.4 Å². The van der Waals surface area contributed by atoms with Gasteiger partial charge in [0, 0.05) is 42.8 Å². The van der Waals surface area contributed by atoms with Gasteiger partial charge in [-0.25, -0.2) is 14.6 Å². The molecular weight excluding hydrogens is 716 g/mol. The number of aromatic nitrogens is 3. The Kier molecular flexibility index (Phi) is 12.1. The fourth-order valence-corrected chi connectivity index (χ4v) is 5.80. The molecule has 5 N–H and O–H groups in total. The van der Waals surface area contributed by atoms with Gasteiger partial charge in [0.15, 0.2) is 0 Å². The minimum Gasteiger partial charge on any atom is -0.444 e. The monoisotopic (exact) mass is 760 g/mol. The number of carbonyl (C=O) groups excluding carboxylic acids is 4. The van der Waals surface area contributed by atoms with Crippen LogP contribution < -0.4 is 31.7 Å². The third-order valence-electron chi connectivity index (χ3n) is 8.16. The summed E-state index contributed by atoms with van der Waals surface area (Å²) in [6.45, 7) is 11.9. The van der Waals surface area contributed by atoms with Crippen molar-refractivity contribution in [3.63, 3.8) is 0 Å². The molecule has 1 fully saturated rings. The van der Waals surface area contributed by atoms with Crippen molar-refractivity contribution in [3.05, 3.63) is 92.9 Å². The fraction of sp³-hybridized carbons (Fsp3) is 0.395. The van der Waals surface area contributed by atoms with Crippen LogP contribution in [-0.4, -0.2) is 75.8 Å². The van der Waals surface area contributed by atoms with Crippen LogP contribution in [-0.2, 0) is 9.47 Å². The topological polar surface area (TPSA) is 197 Å². The fourth-order valence-electron chi connectivity index (χ4n) is 5.63. The Morgan fingerprint density at radius 3 is 2.26 bits per heavy atom. The molecule has 54 heavy (non-hydrogen) atoms. The van der Waals surface area contributed by atoms with Crippen LogP contribution in [0.2, 0.25) is 5.02 Å². The Labute approximate surface area is 317 Å². The first-order chi connectivity index (χ1) is 25.4. The molecule has 0 aliphatic carbocycles. The minimum atomic E-state index is -0.759. The number of anilines is 2. The smallest absolute Gasteiger partial charge is 0.407 e. The average Bonchev–Trinajstić information content (AvgIpc) is 3.09. The molecule has 5 rings (SSSR count). The maximum Gasteiger partial charge on any atom is 0.407 e. The molecule has 4 amide bonds. The van der Waals surface area contributed by atoms with E-state index >= 15 is 0 Å². The van der Waals surface area contributed by atoms with Crippen molar-refractivity contribution in [1.82, 2.24) is 30.9 Å². The molecule has 0 saturated carbocycles. The van der Waals surface area contributed by atoms with Crippen LogP contribution >= 0.6 is 11.6 Å². The zero-order valence-electron chi connectivity index (χ0n) is 31.0. The number of ether oxygens (including phenoxy) is 2. The highest BCUT2D eigenvalue weighted by Crippen LogP contribution is 2.25. The van der Waals surface area contributed by atoms with E-state index in [1.165, 1.54) is 30.5 Å². The van der Waals surface area contributed by atoms with Crippen molar-refractivity contribution in [2.75, 3.05) is 29.9 Å². The quantitative estimate of drug-likeness (QED) is 0.141. The van der Waals surface area contributed by atoms with E-state index in [1.54, 1.807) is 20.8 Å². The number of nitrogens with zero attached hydrogens (tertiary/aromatic N) is 3. The molecule has 2 aromatic heterocycles. The van der Waals surface area contributed by atoms with E-state index < -0.39 is 46.8 Å². The van der Waals surface area contributed by atoms with Gasteiger partial charge in [-0.2, -0.15) is 4.98 Å². The Hall–Kier alpha value is -5.70. The Morgan fingerprint density at radius 1 is 0.926 bits per heavy atom. The number of H-pyrrole nitrogens is 1. The number of hydrogen-bond acceptors (Lipinski definition) is 10. The molecule has 1 atom stereocenters. The lowest BCUT2D eigenvalue weighted by molar-refractivity contribution is 0.0492. The number of amides is 4. The van der Waals surface area contributed by atoms with Gasteiger partial charge in [0.25, 0.3) is 17.4 Å². The van der Waals surface area contributed by atoms with Crippen LogP contribution in [0.1, 0.15) is 86.7 Å². The van der Waals surface area contributed by atoms with Gasteiger partial charge in [0.1, 0.15) is 22.4 Å². The molecule has 15 nitrogen and oxygen atoms in total. The number of benzene rings is 2. The van der Waals surface area contributed by atoms with Crippen molar-refractivity contribution < 1.29 is 28.7 Å². The molecule has 2 aromatic carbocycles. The van der Waals surface area contributed by atoms with Crippen LogP contribution in [0.4, 0.5) is 21.2 Å². The standard InChI is InChI=1S/C38H45ClN8O7/c1-37(2,3)53-35(51)41-21-29(22-10-8-7-9-11-22)44-31(48)23-12-13-27(39)28(19-23)43-32(49)26-18-24-20-40-34(46-30(24)45-33(26)50)47-16-14-25(15-17-47)42-36(52)54-38(4,5)6/h7-13,18-20,25,29H,14-17,21H2,1-6H3,(H,41,51)(H,42,52)(H,43,49)(H,44,48)(H,40,45,46,50). The predicted octanol–water partition coefficient (Wildman–Crippen LogP) is 5.71. The van der Waals surface area contributed by atoms with Gasteiger partial charge >= 0.3 is 12.2 Å². The van der Waals surface area contributed by atoms with Gasteiger partial charge in [0.2, 0.25) is 5.95 Å². The first kappa shape index (κ1) is 39.5. The van der Waals surface area contributed by atoms with E-state index in [0.717, 1.165) is 5.56 Å². The first-order valence-corrected chi connectivity index (χ1v) is 17.9. The van der Waals surface area contributed by atoms with Crippen molar-refractivity contribution in [1.29, 1.82) is 0 Å². The Balaban J connectivity index is 1.25. The van der Waals surface area contributed by atoms with Gasteiger partial charge in [-0.15, -0.1) is 0 Å². The van der Waals surface area contributed by atoms with Crippen molar-refractivity contribution in [2.24, 2.45) is 0 Å². The van der Waals surface area contributed by atoms with E-state index in [9.17, 15) is 24.0 Å². The summed E-state index contributed by atoms with van der Waals surface area (Å²) in [7, 11) is 0. The molecule has 1 saturated heterocycles. The highest BCUT2D eigenvalue weighted by atomic mass is 35.5. The summed E-state index contributed by atoms with van der Waals surface area (Å²) in [6.07, 6.45) is 1.74. The number of aromatic amines is 1. The summed E-state index contributed by atoms with van der Waals surface area (Å²) >= 11 is 6.41. The van der Waals surface area contributed by atoms with Crippen LogP contribution in [0.25, 0.3) is 11.0 Å². The largest absolute Gasteiger partial charge is 0.444 e. The van der Waals surface area contributed by atoms with Crippen molar-refractivity contribution in [2.45, 2.75) is 77.7 Å². The second-order valence-corrected chi connectivity index (χ2v) is 15.3. The molecule has 0 radical (unpaired) electrons. The summed E-state index contributed by atoms with van der Waals surface area (Å²) in [5.41, 5.74) is -0.905. The molecule has 3 heterocycles. The number of rotatable bonds is 9. The molecular formula is C38H45ClN8O7. The van der Waals surface area contributed by atoms with Crippen LogP contribution in [0.15, 0.2) is 65.6 Å². The zero-order chi connectivity index (χ0) is 39.2. The number of fused-ring (bicyclic) bond motifs is 1. The predicted molar refractivity (Wildman–Crippen MR) is 205 cm³/mol. The molecule has 286 valence electrons. The number of carbonyl (C=O) groups is 4. The highest BCUT2D eigenvalue weighted by molar-refractivity contribution is 6.34. The summed E-state index contributed by atoms with van der Waals surface area (Å²) in [5, 5.41) is 11.7. The lowest BCUT2D eigenvalue weighted by Gasteiger charge is -2.32. The Bertz CT molecular complexity index is 2070. The zero-order valence-corrected chi connectivity index (χ0v) is 31.8. The maximum absolute atomic E-state index is 13.5. The van der Waals surface area contributed by atoms with Gasteiger partial charge in [-0.1, -0.05) is 41.9 Å². The van der Waals surface area contributed by atoms with Gasteiger partial charge < -0.3 is 40.6 Å². The molecule has 1 aliphatic heterocycles. The van der Waals surface area contributed by atoms with Crippen LogP contribution in [0.5, 0.6) is 0 Å². The lowest BCUT2D eigenvalue weighted by Crippen LogP contribution is -2.46. The molecule has 1 aliphatic rings. The number of piperidine rings is 1. The minimum absolute atomic E-state index is 0.0453. The number of pyridine rings is 1. The highest BCUT2D eigenvalue weighted by Gasteiger charge is 2.26. The molecule has 1 unspecified atom stereocenters. The van der Waals surface area contributed by atoms with Crippen molar-refractivity contribution >= 4 is 58.3 Å². The summed E-state index contributed by atoms with van der Waals surface area (Å²) in [5.74, 6) is -0.852. The maximum atomic E-state index is 13.5. The Morgan fingerprint density at radius 2 is 1.59 bits per heavy atom. The van der Waals surface area contributed by atoms with Crippen LogP contribution in [0.3, 0.4) is 0 Å². The third-order valence-corrected chi connectivity index (χ3v) is 8.49. The van der Waals surface area contributed by atoms with E-state index in [4.69, 9.17) is 21.1 Å². The normalized spacial score (nSPS) is 14.2. The first-order valence-electron chi connectivity index (χ1n) is 17.5. The summed E-state index contributed by atoms with van der Waals surface area (Å²) < 4.78 is 10.7. The molecule has 4 aromatic rings. The third kappa shape index (κ3) is 10.9. The van der Waals surface area contributed by atoms with Crippen LogP contribution in [0, 0.1) is 0 Å². The van der Waals surface area contributed by atoms with Gasteiger partial charge in [0.05, 0.1) is 16.8 Å². The average molecular weight is 761 g/mol. The number of hydrogen-bond donors (Lipinski definition) is 5. The molecule has 0 bridgehead atoms. The number of nitrogens with one attached hydrogen (secondary N) is 5. The number of alkyl carbamates (subject to hydrolysis) is 2. The summed E-state index contributed by atoms with van der Waals surface area (Å²) in [6, 6.07) is 14.2. The van der Waals surface area contributed by atoms with Gasteiger partial charge in [-0.05, 0) is 84.2 Å². The lowest BCUT2D eigenvalue weighted by atomic mass is 10.1. The van der Waals surface area contributed by atoms with E-state index in [-0.39, 0.29) is 40.1 Å². The SMILES string of the molecule is CC(C)(C)OC(=O)NCC(NC(=O)c1ccc(Cl)c(NC(=O)c2cc3cnc(N4CCC(NC(=O)OC(C)(C)C)CC4)nc3[nH]c2=O)c1)c1ccccc1. The van der Waals surface area contributed by atoms with E-state index in [2.05, 4.69) is 36.2 Å². The van der Waals surface area contributed by atoms with E-state index in [1.807, 2.05) is 56.0 Å². The van der Waals surface area contributed by atoms with E-state index in [0.29, 0.717) is 37.3 Å².